The first-order valence-electron chi connectivity index (χ1n) is 17.9. The minimum absolute atomic E-state index is 0.298. The molecule has 0 saturated heterocycles. The summed E-state index contributed by atoms with van der Waals surface area (Å²) in [6.07, 6.45) is 0. The summed E-state index contributed by atoms with van der Waals surface area (Å²) in [4.78, 5) is 21.7. The Kier molecular flexibility index (Phi) is 44.0. The minimum atomic E-state index is -1.12. The Morgan fingerprint density at radius 2 is 0.577 bits per heavy atom. The average Bonchev–Trinajstić information content (AvgIpc) is 3.13. The number of carboxylic acids is 1. The lowest BCUT2D eigenvalue weighted by Crippen LogP contribution is -2.31. The van der Waals surface area contributed by atoms with Crippen LogP contribution in [-0.2, 0) is 75.9 Å². The molecule has 0 rings (SSSR count). The van der Waals surface area contributed by atoms with Gasteiger partial charge in [0.25, 0.3) is 0 Å². The second-order valence-electron chi connectivity index (χ2n) is 10.3. The fourth-order valence-electron chi connectivity index (χ4n) is 3.46. The highest BCUT2D eigenvalue weighted by Crippen LogP contribution is 1.88. The first-order chi connectivity index (χ1) is 25.7. The Hall–Kier alpha value is -1.66. The van der Waals surface area contributed by atoms with Gasteiger partial charge in [0.05, 0.1) is 172 Å². The molecule has 0 aromatic rings. The number of carbonyl (C=O) groups excluding carboxylic acids is 1. The van der Waals surface area contributed by atoms with E-state index in [0.717, 1.165) is 6.54 Å². The Bertz CT molecular complexity index is 730. The third-order valence-electron chi connectivity index (χ3n) is 5.99. The molecule has 19 nitrogen and oxygen atoms in total. The van der Waals surface area contributed by atoms with E-state index in [0.29, 0.717) is 178 Å². The largest absolute Gasteiger partial charge is 0.480 e. The molecule has 19 heteroatoms. The number of ether oxygens (including phenoxy) is 14. The van der Waals surface area contributed by atoms with Gasteiger partial charge in [0.2, 0.25) is 5.91 Å². The Morgan fingerprint density at radius 3 is 0.808 bits per heavy atom. The van der Waals surface area contributed by atoms with Gasteiger partial charge >= 0.3 is 5.97 Å². The molecular formula is C33H66N2O17. The maximum atomic E-state index is 11.4. The van der Waals surface area contributed by atoms with Gasteiger partial charge < -0.3 is 82.1 Å². The standard InChI is InChI=1S/C33H66N2O17/c1-34-2-4-39-6-8-41-10-12-43-14-16-45-18-20-47-22-24-49-26-28-51-29-27-50-25-23-48-21-19-46-17-15-44-13-11-42-9-7-40-5-3-35-32(36)30-52-31-33(37)38/h34H,2-31H2,1H3,(H,35,36)(H,37,38). The van der Waals surface area contributed by atoms with Gasteiger partial charge in [0.15, 0.2) is 0 Å². The third kappa shape index (κ3) is 46.4. The number of nitrogens with one attached hydrogen (secondary N) is 2. The summed E-state index contributed by atoms with van der Waals surface area (Å²) < 4.78 is 75.3. The molecule has 0 saturated carbocycles. The van der Waals surface area contributed by atoms with E-state index in [4.69, 9.17) is 66.7 Å². The molecule has 0 atom stereocenters. The van der Waals surface area contributed by atoms with E-state index in [1.54, 1.807) is 0 Å². The zero-order chi connectivity index (χ0) is 37.7. The van der Waals surface area contributed by atoms with Crippen molar-refractivity contribution in [3.63, 3.8) is 0 Å². The van der Waals surface area contributed by atoms with Crippen LogP contribution < -0.4 is 10.6 Å². The smallest absolute Gasteiger partial charge is 0.329 e. The highest BCUT2D eigenvalue weighted by molar-refractivity contribution is 5.77. The summed E-state index contributed by atoms with van der Waals surface area (Å²) in [5, 5.41) is 14.0. The van der Waals surface area contributed by atoms with Gasteiger partial charge in [-0.05, 0) is 7.05 Å². The molecule has 0 spiro atoms. The van der Waals surface area contributed by atoms with Gasteiger partial charge in [0, 0.05) is 13.1 Å². The van der Waals surface area contributed by atoms with Crippen LogP contribution in [0.4, 0.5) is 0 Å². The fourth-order valence-corrected chi connectivity index (χ4v) is 3.46. The zero-order valence-electron chi connectivity index (χ0n) is 31.2. The second kappa shape index (κ2) is 45.5. The summed E-state index contributed by atoms with van der Waals surface area (Å²) in [6, 6.07) is 0. The number of rotatable bonds is 46. The van der Waals surface area contributed by atoms with Crippen LogP contribution in [0.5, 0.6) is 0 Å². The molecule has 3 N–H and O–H groups in total. The molecule has 0 fully saturated rings. The van der Waals surface area contributed by atoms with Crippen molar-refractivity contribution in [1.82, 2.24) is 10.6 Å². The number of aliphatic carboxylic acids is 1. The molecule has 0 aliphatic carbocycles. The molecule has 0 aromatic heterocycles. The number of amides is 1. The second-order valence-corrected chi connectivity index (χ2v) is 10.3. The highest BCUT2D eigenvalue weighted by atomic mass is 16.6. The molecule has 0 aliphatic rings. The van der Waals surface area contributed by atoms with Crippen molar-refractivity contribution in [2.24, 2.45) is 0 Å². The summed E-state index contributed by atoms with van der Waals surface area (Å²) in [5.74, 6) is -1.52. The monoisotopic (exact) mass is 762 g/mol. The first kappa shape index (κ1) is 50.3. The topological polar surface area (TPSA) is 208 Å². The van der Waals surface area contributed by atoms with E-state index in [-0.39, 0.29) is 6.61 Å². The van der Waals surface area contributed by atoms with Crippen molar-refractivity contribution in [3.05, 3.63) is 0 Å². The van der Waals surface area contributed by atoms with E-state index in [1.807, 2.05) is 7.05 Å². The van der Waals surface area contributed by atoms with Crippen LogP contribution in [0.2, 0.25) is 0 Å². The van der Waals surface area contributed by atoms with E-state index in [2.05, 4.69) is 15.4 Å². The van der Waals surface area contributed by atoms with Crippen LogP contribution in [0.1, 0.15) is 0 Å². The predicted octanol–water partition coefficient (Wildman–Crippen LogP) is -1.36. The molecule has 1 amide bonds. The van der Waals surface area contributed by atoms with Gasteiger partial charge in [-0.2, -0.15) is 0 Å². The van der Waals surface area contributed by atoms with E-state index in [1.165, 1.54) is 0 Å². The molecular weight excluding hydrogens is 696 g/mol. The lowest BCUT2D eigenvalue weighted by molar-refractivity contribution is -0.143. The molecule has 0 bridgehead atoms. The maximum absolute atomic E-state index is 11.4. The van der Waals surface area contributed by atoms with Gasteiger partial charge in [-0.3, -0.25) is 4.79 Å². The van der Waals surface area contributed by atoms with E-state index >= 15 is 0 Å². The van der Waals surface area contributed by atoms with E-state index in [9.17, 15) is 9.59 Å². The Balaban J connectivity index is 3.08. The Labute approximate surface area is 308 Å². The van der Waals surface area contributed by atoms with Gasteiger partial charge in [0.1, 0.15) is 13.2 Å². The molecule has 0 aliphatic heterocycles. The third-order valence-corrected chi connectivity index (χ3v) is 5.99. The Morgan fingerprint density at radius 1 is 0.346 bits per heavy atom. The molecule has 0 heterocycles. The molecule has 0 unspecified atom stereocenters. The lowest BCUT2D eigenvalue weighted by atomic mass is 10.6. The number of likely N-dealkylation sites (N-methyl/N-ethyl adjacent to an activating group) is 1. The van der Waals surface area contributed by atoms with Crippen LogP contribution in [0, 0.1) is 0 Å². The fraction of sp³-hybridized carbons (Fsp3) is 0.939. The number of carbonyl (C=O) groups is 2. The van der Waals surface area contributed by atoms with Crippen molar-refractivity contribution < 1.29 is 81.0 Å². The van der Waals surface area contributed by atoms with Crippen LogP contribution >= 0.6 is 0 Å². The van der Waals surface area contributed by atoms with Gasteiger partial charge in [-0.1, -0.05) is 0 Å². The lowest BCUT2D eigenvalue weighted by Gasteiger charge is -2.09. The summed E-state index contributed by atoms with van der Waals surface area (Å²) >= 11 is 0. The highest BCUT2D eigenvalue weighted by Gasteiger charge is 2.03. The summed E-state index contributed by atoms with van der Waals surface area (Å²) in [5.41, 5.74) is 0. The summed E-state index contributed by atoms with van der Waals surface area (Å²) in [7, 11) is 1.89. The van der Waals surface area contributed by atoms with Crippen molar-refractivity contribution >= 4 is 11.9 Å². The zero-order valence-corrected chi connectivity index (χ0v) is 31.2. The van der Waals surface area contributed by atoms with Crippen molar-refractivity contribution in [1.29, 1.82) is 0 Å². The van der Waals surface area contributed by atoms with E-state index < -0.39 is 18.5 Å². The van der Waals surface area contributed by atoms with Crippen molar-refractivity contribution in [2.75, 3.05) is 205 Å². The number of hydrogen-bond acceptors (Lipinski definition) is 17. The predicted molar refractivity (Wildman–Crippen MR) is 186 cm³/mol. The average molecular weight is 763 g/mol. The summed E-state index contributed by atoms with van der Waals surface area (Å²) in [6.45, 7) is 13.0. The van der Waals surface area contributed by atoms with Crippen LogP contribution in [0.3, 0.4) is 0 Å². The maximum Gasteiger partial charge on any atom is 0.329 e. The van der Waals surface area contributed by atoms with Gasteiger partial charge in [-0.15, -0.1) is 0 Å². The van der Waals surface area contributed by atoms with Crippen LogP contribution in [-0.4, -0.2) is 222 Å². The van der Waals surface area contributed by atoms with Crippen LogP contribution in [0.25, 0.3) is 0 Å². The SMILES string of the molecule is CNCCOCCOCCOCCOCCOCCOCCOCCOCCOCCOCCOCCOCCOCCNC(=O)COCC(=O)O. The normalized spacial score (nSPS) is 11.4. The quantitative estimate of drug-likeness (QED) is 0.0612. The van der Waals surface area contributed by atoms with Crippen molar-refractivity contribution in [3.8, 4) is 0 Å². The number of carboxylic acid groups (broad SMARTS) is 1. The number of hydrogen-bond donors (Lipinski definition) is 3. The molecule has 310 valence electrons. The van der Waals surface area contributed by atoms with Crippen LogP contribution in [0.15, 0.2) is 0 Å². The minimum Gasteiger partial charge on any atom is -0.480 e. The van der Waals surface area contributed by atoms with Gasteiger partial charge in [-0.25, -0.2) is 4.79 Å². The van der Waals surface area contributed by atoms with Crippen molar-refractivity contribution in [2.45, 2.75) is 0 Å². The molecule has 52 heavy (non-hydrogen) atoms. The first-order valence-corrected chi connectivity index (χ1v) is 17.9. The molecule has 0 radical (unpaired) electrons. The molecule has 0 aromatic carbocycles.